The van der Waals surface area contributed by atoms with E-state index in [4.69, 9.17) is 9.47 Å². The summed E-state index contributed by atoms with van der Waals surface area (Å²) in [5.74, 6) is -1.64. The van der Waals surface area contributed by atoms with Crippen molar-refractivity contribution >= 4 is 28.1 Å². The van der Waals surface area contributed by atoms with Gasteiger partial charge in [-0.2, -0.15) is 4.31 Å². The number of methoxy groups -OCH3 is 1. The number of carbonyl (C=O) groups is 3. The van der Waals surface area contributed by atoms with Crippen LogP contribution in [-0.4, -0.2) is 69.1 Å². The molecule has 1 fully saturated rings. The van der Waals surface area contributed by atoms with Gasteiger partial charge in [0.15, 0.2) is 0 Å². The highest BCUT2D eigenvalue weighted by molar-refractivity contribution is 7.89. The fourth-order valence-electron chi connectivity index (χ4n) is 3.96. The molecule has 0 spiro atoms. The Morgan fingerprint density at radius 1 is 1.09 bits per heavy atom. The van der Waals surface area contributed by atoms with Crippen molar-refractivity contribution in [3.8, 4) is 5.75 Å². The average Bonchev–Trinajstić information content (AvgIpc) is 2.86. The molecule has 0 saturated heterocycles. The van der Waals surface area contributed by atoms with Crippen molar-refractivity contribution < 1.29 is 47.0 Å². The van der Waals surface area contributed by atoms with Gasteiger partial charge in [0, 0.05) is 6.54 Å². The first kappa shape index (κ1) is 28.3. The van der Waals surface area contributed by atoms with Crippen LogP contribution in [0.1, 0.15) is 45.4 Å². The van der Waals surface area contributed by atoms with Gasteiger partial charge in [-0.25, -0.2) is 18.7 Å². The number of benzene rings is 1. The SMILES string of the molecule is CCOC(=O)OCOC(=O)CCN(C(C(=O)NO)C1CCCCC1)S(=O)(=O)c1ccc(OC)cc1. The first-order valence-electron chi connectivity index (χ1n) is 11.3. The van der Waals surface area contributed by atoms with E-state index in [2.05, 4.69) is 9.47 Å². The minimum Gasteiger partial charge on any atom is -0.497 e. The van der Waals surface area contributed by atoms with E-state index in [1.807, 2.05) is 0 Å². The monoisotopic (exact) mass is 516 g/mol. The first-order chi connectivity index (χ1) is 16.7. The van der Waals surface area contributed by atoms with Crippen molar-refractivity contribution in [3.63, 3.8) is 0 Å². The fourth-order valence-corrected chi connectivity index (χ4v) is 5.61. The summed E-state index contributed by atoms with van der Waals surface area (Å²) in [6.45, 7) is 0.560. The third-order valence-electron chi connectivity index (χ3n) is 5.65. The van der Waals surface area contributed by atoms with Crippen molar-refractivity contribution in [1.29, 1.82) is 0 Å². The quantitative estimate of drug-likeness (QED) is 0.183. The van der Waals surface area contributed by atoms with E-state index < -0.39 is 53.9 Å². The highest BCUT2D eigenvalue weighted by atomic mass is 32.2. The van der Waals surface area contributed by atoms with Crippen LogP contribution in [-0.2, 0) is 33.8 Å². The van der Waals surface area contributed by atoms with Crippen LogP contribution in [0.2, 0.25) is 0 Å². The molecule has 0 aromatic heterocycles. The molecule has 1 atom stereocenters. The number of hydrogen-bond acceptors (Lipinski definition) is 10. The summed E-state index contributed by atoms with van der Waals surface area (Å²) in [6, 6.07) is 4.36. The number of nitrogens with one attached hydrogen (secondary N) is 1. The molecule has 1 aliphatic carbocycles. The predicted octanol–water partition coefficient (Wildman–Crippen LogP) is 2.20. The Labute approximate surface area is 204 Å². The summed E-state index contributed by atoms with van der Waals surface area (Å²) in [5.41, 5.74) is 1.58. The Kier molecular flexibility index (Phi) is 11.2. The van der Waals surface area contributed by atoms with Crippen LogP contribution in [0.15, 0.2) is 29.2 Å². The molecule has 1 aromatic carbocycles. The van der Waals surface area contributed by atoms with E-state index in [1.54, 1.807) is 12.4 Å². The Morgan fingerprint density at radius 3 is 2.31 bits per heavy atom. The van der Waals surface area contributed by atoms with Crippen molar-refractivity contribution in [2.24, 2.45) is 5.92 Å². The molecule has 0 aliphatic heterocycles. The number of sulfonamides is 1. The number of esters is 1. The first-order valence-corrected chi connectivity index (χ1v) is 12.7. The van der Waals surface area contributed by atoms with Crippen LogP contribution in [0.3, 0.4) is 0 Å². The number of rotatable bonds is 12. The van der Waals surface area contributed by atoms with E-state index >= 15 is 0 Å². The van der Waals surface area contributed by atoms with Crippen LogP contribution in [0.4, 0.5) is 4.79 Å². The van der Waals surface area contributed by atoms with Crippen molar-refractivity contribution in [2.75, 3.05) is 27.1 Å². The molecule has 1 aliphatic rings. The summed E-state index contributed by atoms with van der Waals surface area (Å²) >= 11 is 0. The second kappa shape index (κ2) is 13.9. The molecule has 2 N–H and O–H groups in total. The van der Waals surface area contributed by atoms with E-state index in [-0.39, 0.29) is 17.4 Å². The maximum atomic E-state index is 13.6. The van der Waals surface area contributed by atoms with Crippen molar-refractivity contribution in [3.05, 3.63) is 24.3 Å². The third kappa shape index (κ3) is 8.08. The molecule has 12 nitrogen and oxygen atoms in total. The van der Waals surface area contributed by atoms with E-state index in [0.717, 1.165) is 23.6 Å². The van der Waals surface area contributed by atoms with Gasteiger partial charge in [0.05, 0.1) is 25.0 Å². The summed E-state index contributed by atoms with van der Waals surface area (Å²) in [4.78, 5) is 36.0. The van der Waals surface area contributed by atoms with Gasteiger partial charge < -0.3 is 18.9 Å². The average molecular weight is 517 g/mol. The summed E-state index contributed by atoms with van der Waals surface area (Å²) in [7, 11) is -2.83. The van der Waals surface area contributed by atoms with Gasteiger partial charge in [0.1, 0.15) is 11.8 Å². The van der Waals surface area contributed by atoms with Crippen molar-refractivity contribution in [1.82, 2.24) is 9.79 Å². The van der Waals surface area contributed by atoms with Gasteiger partial charge in [-0.15, -0.1) is 0 Å². The Balaban J connectivity index is 2.27. The lowest BCUT2D eigenvalue weighted by atomic mass is 9.83. The van der Waals surface area contributed by atoms with Gasteiger partial charge in [0.25, 0.3) is 5.91 Å². The maximum absolute atomic E-state index is 13.6. The zero-order valence-corrected chi connectivity index (χ0v) is 20.6. The molecule has 35 heavy (non-hydrogen) atoms. The highest BCUT2D eigenvalue weighted by Gasteiger charge is 2.41. The zero-order chi connectivity index (χ0) is 25.8. The van der Waals surface area contributed by atoms with Gasteiger partial charge >= 0.3 is 12.1 Å². The largest absolute Gasteiger partial charge is 0.511 e. The minimum atomic E-state index is -4.27. The Morgan fingerprint density at radius 2 is 1.74 bits per heavy atom. The highest BCUT2D eigenvalue weighted by Crippen LogP contribution is 2.32. The summed E-state index contributed by atoms with van der Waals surface area (Å²) in [6.07, 6.45) is 2.31. The molecule has 1 saturated carbocycles. The molecule has 0 heterocycles. The Hall–Kier alpha value is -2.90. The van der Waals surface area contributed by atoms with Gasteiger partial charge in [-0.1, -0.05) is 19.3 Å². The normalized spacial score (nSPS) is 15.2. The maximum Gasteiger partial charge on any atom is 0.511 e. The molecule has 0 bridgehead atoms. The number of ether oxygens (including phenoxy) is 4. The summed E-state index contributed by atoms with van der Waals surface area (Å²) in [5, 5.41) is 9.39. The van der Waals surface area contributed by atoms with Crippen LogP contribution < -0.4 is 10.2 Å². The number of nitrogens with zero attached hydrogens (tertiary/aromatic N) is 1. The number of hydrogen-bond donors (Lipinski definition) is 2. The van der Waals surface area contributed by atoms with E-state index in [0.29, 0.717) is 18.6 Å². The second-order valence-corrected chi connectivity index (χ2v) is 9.71. The number of amides is 1. The van der Waals surface area contributed by atoms with Crippen molar-refractivity contribution in [2.45, 2.75) is 56.4 Å². The predicted molar refractivity (Wildman–Crippen MR) is 121 cm³/mol. The molecule has 0 radical (unpaired) electrons. The molecular weight excluding hydrogens is 484 g/mol. The number of carbonyl (C=O) groups excluding carboxylic acids is 3. The molecule has 13 heteroatoms. The zero-order valence-electron chi connectivity index (χ0n) is 19.8. The summed E-state index contributed by atoms with van der Waals surface area (Å²) < 4.78 is 47.2. The third-order valence-corrected chi connectivity index (χ3v) is 7.54. The Bertz CT molecular complexity index is 945. The lowest BCUT2D eigenvalue weighted by molar-refractivity contribution is -0.153. The minimum absolute atomic E-state index is 0.0838. The van der Waals surface area contributed by atoms with Gasteiger partial charge in [-0.05, 0) is 49.9 Å². The van der Waals surface area contributed by atoms with Crippen LogP contribution in [0, 0.1) is 5.92 Å². The lowest BCUT2D eigenvalue weighted by Gasteiger charge is -2.36. The number of hydroxylamine groups is 1. The molecule has 196 valence electrons. The molecule has 1 unspecified atom stereocenters. The molecule has 1 amide bonds. The van der Waals surface area contributed by atoms with Crippen LogP contribution in [0.25, 0.3) is 0 Å². The standard InChI is InChI=1S/C22H32N2O10S/c1-3-32-22(27)34-15-33-19(25)13-14-24(20(21(26)23-28)16-7-5-4-6-8-16)35(29,30)18-11-9-17(31-2)10-12-18/h9-12,16,20,28H,3-8,13-15H2,1-2H3,(H,23,26). The van der Waals surface area contributed by atoms with Crippen LogP contribution >= 0.6 is 0 Å². The smallest absolute Gasteiger partial charge is 0.497 e. The second-order valence-electron chi connectivity index (χ2n) is 7.82. The van der Waals surface area contributed by atoms with E-state index in [9.17, 15) is 28.0 Å². The van der Waals surface area contributed by atoms with Gasteiger partial charge in [-0.3, -0.25) is 14.8 Å². The molecular formula is C22H32N2O10S. The lowest BCUT2D eigenvalue weighted by Crippen LogP contribution is -2.53. The van der Waals surface area contributed by atoms with E-state index in [1.165, 1.54) is 31.4 Å². The molecule has 2 rings (SSSR count). The molecule has 1 aromatic rings. The van der Waals surface area contributed by atoms with Crippen LogP contribution in [0.5, 0.6) is 5.75 Å². The topological polar surface area (TPSA) is 158 Å². The fraction of sp³-hybridized carbons (Fsp3) is 0.591. The van der Waals surface area contributed by atoms with Gasteiger partial charge in [0.2, 0.25) is 16.8 Å².